The number of likely N-dealkylation sites (tertiary alicyclic amines) is 1. The molecule has 1 amide bonds. The molecular weight excluding hydrogens is 346 g/mol. The number of nitrogens with zero attached hydrogens (tertiary/aromatic N) is 1. The maximum absolute atomic E-state index is 12.9. The molecule has 3 aromatic rings. The number of amides is 1. The number of nitrogens with one attached hydrogen (secondary N) is 2. The summed E-state index contributed by atoms with van der Waals surface area (Å²) >= 11 is 0. The summed E-state index contributed by atoms with van der Waals surface area (Å²) in [5, 5.41) is 6.57. The first-order chi connectivity index (χ1) is 13.8. The lowest BCUT2D eigenvalue weighted by Crippen LogP contribution is -2.37. The van der Waals surface area contributed by atoms with Gasteiger partial charge in [-0.05, 0) is 36.2 Å². The quantitative estimate of drug-likeness (QED) is 0.673. The molecule has 1 aliphatic heterocycles. The van der Waals surface area contributed by atoms with Crippen molar-refractivity contribution in [3.63, 3.8) is 0 Å². The maximum Gasteiger partial charge on any atom is 0.253 e. The summed E-state index contributed by atoms with van der Waals surface area (Å²) in [7, 11) is 0. The highest BCUT2D eigenvalue weighted by atomic mass is 16.1. The van der Waals surface area contributed by atoms with Gasteiger partial charge >= 0.3 is 0 Å². The minimum absolute atomic E-state index is 0.0226. The average molecular weight is 371 g/mol. The SMILES string of the molecule is O=C(NC1CCN(Cc2ccccc2)C1)c1ccccc1Nc1ccccc1. The van der Waals surface area contributed by atoms with Gasteiger partial charge in [0, 0.05) is 31.4 Å². The van der Waals surface area contributed by atoms with Gasteiger partial charge in [0.15, 0.2) is 0 Å². The normalized spacial score (nSPS) is 16.6. The first-order valence-corrected chi connectivity index (χ1v) is 9.76. The molecule has 0 spiro atoms. The second-order valence-electron chi connectivity index (χ2n) is 7.22. The Bertz CT molecular complexity index is 911. The van der Waals surface area contributed by atoms with Crippen LogP contribution in [0.15, 0.2) is 84.9 Å². The largest absolute Gasteiger partial charge is 0.355 e. The first kappa shape index (κ1) is 18.3. The van der Waals surface area contributed by atoms with Crippen molar-refractivity contribution in [3.8, 4) is 0 Å². The van der Waals surface area contributed by atoms with Crippen LogP contribution in [0.4, 0.5) is 11.4 Å². The van der Waals surface area contributed by atoms with E-state index in [0.29, 0.717) is 5.56 Å². The molecule has 0 bridgehead atoms. The second-order valence-corrected chi connectivity index (χ2v) is 7.22. The minimum Gasteiger partial charge on any atom is -0.355 e. The number of hydrogen-bond donors (Lipinski definition) is 2. The Morgan fingerprint density at radius 2 is 1.57 bits per heavy atom. The van der Waals surface area contributed by atoms with Gasteiger partial charge in [-0.1, -0.05) is 60.7 Å². The van der Waals surface area contributed by atoms with Gasteiger partial charge in [-0.15, -0.1) is 0 Å². The smallest absolute Gasteiger partial charge is 0.253 e. The third kappa shape index (κ3) is 4.59. The molecule has 1 atom stereocenters. The minimum atomic E-state index is -0.0226. The van der Waals surface area contributed by atoms with Gasteiger partial charge < -0.3 is 10.6 Å². The lowest BCUT2D eigenvalue weighted by Gasteiger charge is -2.18. The van der Waals surface area contributed by atoms with E-state index >= 15 is 0 Å². The van der Waals surface area contributed by atoms with Crippen LogP contribution in [-0.2, 0) is 6.54 Å². The summed E-state index contributed by atoms with van der Waals surface area (Å²) in [5.41, 5.74) is 3.78. The van der Waals surface area contributed by atoms with Crippen molar-refractivity contribution in [1.82, 2.24) is 10.2 Å². The number of carbonyl (C=O) groups excluding carboxylic acids is 1. The van der Waals surface area contributed by atoms with Crippen molar-refractivity contribution in [2.75, 3.05) is 18.4 Å². The van der Waals surface area contributed by atoms with Crippen LogP contribution in [-0.4, -0.2) is 29.9 Å². The van der Waals surface area contributed by atoms with Crippen molar-refractivity contribution in [3.05, 3.63) is 96.1 Å². The zero-order valence-electron chi connectivity index (χ0n) is 15.8. The molecule has 4 heteroatoms. The van der Waals surface area contributed by atoms with Gasteiger partial charge in [0.2, 0.25) is 0 Å². The third-order valence-corrected chi connectivity index (χ3v) is 5.08. The van der Waals surface area contributed by atoms with Crippen molar-refractivity contribution in [2.24, 2.45) is 0 Å². The molecule has 1 aliphatic rings. The zero-order valence-corrected chi connectivity index (χ0v) is 15.8. The fourth-order valence-electron chi connectivity index (χ4n) is 3.67. The van der Waals surface area contributed by atoms with Crippen LogP contribution in [0, 0.1) is 0 Å². The van der Waals surface area contributed by atoms with Crippen molar-refractivity contribution in [2.45, 2.75) is 19.0 Å². The number of benzene rings is 3. The van der Waals surface area contributed by atoms with Gasteiger partial charge in [-0.2, -0.15) is 0 Å². The highest BCUT2D eigenvalue weighted by Crippen LogP contribution is 2.21. The Kier molecular flexibility index (Phi) is 5.69. The van der Waals surface area contributed by atoms with E-state index in [2.05, 4.69) is 39.8 Å². The van der Waals surface area contributed by atoms with E-state index in [1.807, 2.05) is 60.7 Å². The number of rotatable bonds is 6. The standard InChI is InChI=1S/C24H25N3O/c28-24(22-13-7-8-14-23(22)25-20-11-5-2-6-12-20)26-21-15-16-27(18-21)17-19-9-3-1-4-10-19/h1-14,21,25H,15-18H2,(H,26,28). The Morgan fingerprint density at radius 1 is 0.893 bits per heavy atom. The summed E-state index contributed by atoms with van der Waals surface area (Å²) in [4.78, 5) is 15.3. The Balaban J connectivity index is 1.38. The molecule has 1 fully saturated rings. The molecular formula is C24H25N3O. The van der Waals surface area contributed by atoms with Gasteiger partial charge in [0.1, 0.15) is 0 Å². The fraction of sp³-hybridized carbons (Fsp3) is 0.208. The molecule has 0 saturated carbocycles. The monoisotopic (exact) mass is 371 g/mol. The van der Waals surface area contributed by atoms with Gasteiger partial charge in [0.25, 0.3) is 5.91 Å². The van der Waals surface area contributed by atoms with Crippen LogP contribution < -0.4 is 10.6 Å². The molecule has 0 radical (unpaired) electrons. The molecule has 1 heterocycles. The van der Waals surface area contributed by atoms with Crippen molar-refractivity contribution in [1.29, 1.82) is 0 Å². The summed E-state index contributed by atoms with van der Waals surface area (Å²) < 4.78 is 0. The molecule has 4 rings (SSSR count). The number of hydrogen-bond acceptors (Lipinski definition) is 3. The van der Waals surface area contributed by atoms with Crippen LogP contribution in [0.1, 0.15) is 22.3 Å². The van der Waals surface area contributed by atoms with E-state index < -0.39 is 0 Å². The van der Waals surface area contributed by atoms with Crippen LogP contribution in [0.5, 0.6) is 0 Å². The zero-order chi connectivity index (χ0) is 19.2. The summed E-state index contributed by atoms with van der Waals surface area (Å²) in [5.74, 6) is -0.0226. The van der Waals surface area contributed by atoms with Crippen LogP contribution in [0.2, 0.25) is 0 Å². The average Bonchev–Trinajstić information content (AvgIpc) is 3.16. The lowest BCUT2D eigenvalue weighted by atomic mass is 10.1. The predicted octanol–water partition coefficient (Wildman–Crippen LogP) is 4.43. The first-order valence-electron chi connectivity index (χ1n) is 9.76. The summed E-state index contributed by atoms with van der Waals surface area (Å²) in [6.45, 7) is 2.82. The topological polar surface area (TPSA) is 44.4 Å². The predicted molar refractivity (Wildman–Crippen MR) is 114 cm³/mol. The van der Waals surface area contributed by atoms with Crippen molar-refractivity contribution < 1.29 is 4.79 Å². The van der Waals surface area contributed by atoms with Crippen LogP contribution in [0.3, 0.4) is 0 Å². The molecule has 142 valence electrons. The van der Waals surface area contributed by atoms with E-state index in [-0.39, 0.29) is 11.9 Å². The molecule has 28 heavy (non-hydrogen) atoms. The Hall–Kier alpha value is -3.11. The molecule has 4 nitrogen and oxygen atoms in total. The molecule has 0 aliphatic carbocycles. The van der Waals surface area contributed by atoms with E-state index in [1.165, 1.54) is 5.56 Å². The molecule has 3 aromatic carbocycles. The second kappa shape index (κ2) is 8.72. The highest BCUT2D eigenvalue weighted by molar-refractivity contribution is 6.00. The number of para-hydroxylation sites is 2. The number of anilines is 2. The molecule has 1 unspecified atom stereocenters. The lowest BCUT2D eigenvalue weighted by molar-refractivity contribution is 0.0938. The summed E-state index contributed by atoms with van der Waals surface area (Å²) in [6, 6.07) is 28.2. The fourth-order valence-corrected chi connectivity index (χ4v) is 3.67. The Morgan fingerprint density at radius 3 is 2.36 bits per heavy atom. The number of carbonyl (C=O) groups is 1. The third-order valence-electron chi connectivity index (χ3n) is 5.08. The van der Waals surface area contributed by atoms with Gasteiger partial charge in [0.05, 0.1) is 11.3 Å². The van der Waals surface area contributed by atoms with E-state index in [4.69, 9.17) is 0 Å². The van der Waals surface area contributed by atoms with E-state index in [0.717, 1.165) is 37.4 Å². The van der Waals surface area contributed by atoms with E-state index in [1.54, 1.807) is 0 Å². The molecule has 1 saturated heterocycles. The van der Waals surface area contributed by atoms with Gasteiger partial charge in [-0.3, -0.25) is 9.69 Å². The summed E-state index contributed by atoms with van der Waals surface area (Å²) in [6.07, 6.45) is 0.979. The van der Waals surface area contributed by atoms with E-state index in [9.17, 15) is 4.79 Å². The van der Waals surface area contributed by atoms with Crippen LogP contribution >= 0.6 is 0 Å². The highest BCUT2D eigenvalue weighted by Gasteiger charge is 2.24. The Labute approximate surface area is 166 Å². The maximum atomic E-state index is 12.9. The molecule has 0 aromatic heterocycles. The van der Waals surface area contributed by atoms with Crippen molar-refractivity contribution >= 4 is 17.3 Å². The van der Waals surface area contributed by atoms with Gasteiger partial charge in [-0.25, -0.2) is 0 Å². The van der Waals surface area contributed by atoms with Crippen LogP contribution in [0.25, 0.3) is 0 Å². The molecule has 2 N–H and O–H groups in total.